The number of aromatic nitrogens is 1. The van der Waals surface area contributed by atoms with E-state index in [0.717, 1.165) is 11.4 Å². The van der Waals surface area contributed by atoms with Gasteiger partial charge in [-0.15, -0.1) is 0 Å². The van der Waals surface area contributed by atoms with Gasteiger partial charge in [0.25, 0.3) is 5.91 Å². The Morgan fingerprint density at radius 2 is 2.04 bits per heavy atom. The molecule has 0 fully saturated rings. The van der Waals surface area contributed by atoms with Gasteiger partial charge in [0.2, 0.25) is 0 Å². The highest BCUT2D eigenvalue weighted by atomic mass is 16.5. The second-order valence-electron chi connectivity index (χ2n) is 5.27. The number of hydrogen-bond donors (Lipinski definition) is 2. The molecule has 1 amide bonds. The molecule has 6 heteroatoms. The molecular weight excluding hydrogens is 318 g/mol. The van der Waals surface area contributed by atoms with E-state index in [2.05, 4.69) is 15.6 Å². The van der Waals surface area contributed by atoms with Crippen LogP contribution in [0.25, 0.3) is 0 Å². The van der Waals surface area contributed by atoms with E-state index in [9.17, 15) is 4.79 Å². The predicted molar refractivity (Wildman–Crippen MR) is 95.0 cm³/mol. The highest BCUT2D eigenvalue weighted by Crippen LogP contribution is 2.19. The quantitative estimate of drug-likeness (QED) is 0.687. The van der Waals surface area contributed by atoms with Gasteiger partial charge in [-0.25, -0.2) is 4.98 Å². The van der Waals surface area contributed by atoms with Crippen LogP contribution < -0.4 is 15.4 Å². The molecule has 2 aromatic heterocycles. The average Bonchev–Trinajstić information content (AvgIpc) is 3.15. The number of anilines is 2. The lowest BCUT2D eigenvalue weighted by Crippen LogP contribution is -2.22. The van der Waals surface area contributed by atoms with E-state index >= 15 is 0 Å². The van der Waals surface area contributed by atoms with Crippen molar-refractivity contribution < 1.29 is 13.9 Å². The molecule has 1 aromatic carbocycles. The first-order chi connectivity index (χ1) is 12.2. The van der Waals surface area contributed by atoms with E-state index < -0.39 is 0 Å². The normalized spacial score (nSPS) is 10.3. The monoisotopic (exact) mass is 337 g/mol. The molecule has 0 spiro atoms. The van der Waals surface area contributed by atoms with Crippen molar-refractivity contribution in [3.63, 3.8) is 0 Å². The van der Waals surface area contributed by atoms with Gasteiger partial charge in [0.1, 0.15) is 17.3 Å². The van der Waals surface area contributed by atoms with Crippen LogP contribution in [0.2, 0.25) is 0 Å². The Balaban J connectivity index is 1.63. The highest BCUT2D eigenvalue weighted by molar-refractivity contribution is 5.94. The van der Waals surface area contributed by atoms with Crippen LogP contribution in [0.3, 0.4) is 0 Å². The number of hydrogen-bond acceptors (Lipinski definition) is 5. The summed E-state index contributed by atoms with van der Waals surface area (Å²) in [6, 6.07) is 14.5. The number of amides is 1. The second kappa shape index (κ2) is 8.01. The van der Waals surface area contributed by atoms with Gasteiger partial charge in [-0.2, -0.15) is 0 Å². The third-order valence-corrected chi connectivity index (χ3v) is 3.46. The van der Waals surface area contributed by atoms with Gasteiger partial charge in [-0.05, 0) is 55.5 Å². The van der Waals surface area contributed by atoms with Crippen LogP contribution in [-0.2, 0) is 6.54 Å². The van der Waals surface area contributed by atoms with Crippen LogP contribution in [0.15, 0.2) is 65.4 Å². The molecule has 0 aliphatic heterocycles. The second-order valence-corrected chi connectivity index (χ2v) is 5.27. The molecule has 0 aliphatic carbocycles. The van der Waals surface area contributed by atoms with Crippen LogP contribution in [0, 0.1) is 0 Å². The largest absolute Gasteiger partial charge is 0.494 e. The number of pyridine rings is 1. The topological polar surface area (TPSA) is 76.4 Å². The molecule has 2 N–H and O–H groups in total. The maximum atomic E-state index is 12.2. The summed E-state index contributed by atoms with van der Waals surface area (Å²) >= 11 is 0. The minimum Gasteiger partial charge on any atom is -0.494 e. The smallest absolute Gasteiger partial charge is 0.251 e. The number of ether oxygens (including phenoxy) is 1. The SMILES string of the molecule is CCOc1ccc(Nc2cc(C(=O)NCc3ccco3)ccn2)cc1. The summed E-state index contributed by atoms with van der Waals surface area (Å²) in [6.07, 6.45) is 3.17. The van der Waals surface area contributed by atoms with E-state index in [1.807, 2.05) is 37.3 Å². The van der Waals surface area contributed by atoms with Crippen molar-refractivity contribution >= 4 is 17.4 Å². The van der Waals surface area contributed by atoms with Crippen molar-refractivity contribution in [3.8, 4) is 5.75 Å². The van der Waals surface area contributed by atoms with E-state index in [0.29, 0.717) is 30.3 Å². The van der Waals surface area contributed by atoms with Gasteiger partial charge in [0.15, 0.2) is 0 Å². The molecule has 0 aliphatic rings. The summed E-state index contributed by atoms with van der Waals surface area (Å²) in [5.74, 6) is 1.92. The third kappa shape index (κ3) is 4.60. The molecule has 0 unspecified atom stereocenters. The number of nitrogens with zero attached hydrogens (tertiary/aromatic N) is 1. The molecule has 128 valence electrons. The highest BCUT2D eigenvalue weighted by Gasteiger charge is 2.08. The van der Waals surface area contributed by atoms with Crippen molar-refractivity contribution in [1.82, 2.24) is 10.3 Å². The Labute approximate surface area is 145 Å². The van der Waals surface area contributed by atoms with Crippen LogP contribution in [0.5, 0.6) is 5.75 Å². The summed E-state index contributed by atoms with van der Waals surface area (Å²) in [5, 5.41) is 5.98. The summed E-state index contributed by atoms with van der Waals surface area (Å²) in [6.45, 7) is 2.91. The molecule has 2 heterocycles. The molecule has 25 heavy (non-hydrogen) atoms. The first-order valence-electron chi connectivity index (χ1n) is 8.01. The average molecular weight is 337 g/mol. The fourth-order valence-corrected chi connectivity index (χ4v) is 2.27. The molecule has 3 rings (SSSR count). The standard InChI is InChI=1S/C19H19N3O3/c1-2-24-16-7-5-15(6-8-16)22-18-12-14(9-10-20-18)19(23)21-13-17-4-3-11-25-17/h3-12H,2,13H2,1H3,(H,20,22)(H,21,23). The fraction of sp³-hybridized carbons (Fsp3) is 0.158. The van der Waals surface area contributed by atoms with E-state index in [4.69, 9.17) is 9.15 Å². The molecule has 6 nitrogen and oxygen atoms in total. The van der Waals surface area contributed by atoms with Crippen LogP contribution >= 0.6 is 0 Å². The van der Waals surface area contributed by atoms with Crippen molar-refractivity contribution in [1.29, 1.82) is 0 Å². The van der Waals surface area contributed by atoms with Crippen molar-refractivity contribution in [2.75, 3.05) is 11.9 Å². The maximum Gasteiger partial charge on any atom is 0.251 e. The third-order valence-electron chi connectivity index (χ3n) is 3.46. The Morgan fingerprint density at radius 3 is 2.76 bits per heavy atom. The first kappa shape index (κ1) is 16.6. The molecule has 0 saturated heterocycles. The van der Waals surface area contributed by atoms with Gasteiger partial charge in [0.05, 0.1) is 19.4 Å². The summed E-state index contributed by atoms with van der Waals surface area (Å²) in [5.41, 5.74) is 1.39. The van der Waals surface area contributed by atoms with Crippen LogP contribution in [0.4, 0.5) is 11.5 Å². The number of rotatable bonds is 7. The number of furan rings is 1. The van der Waals surface area contributed by atoms with E-state index in [1.165, 1.54) is 0 Å². The first-order valence-corrected chi connectivity index (χ1v) is 8.01. The van der Waals surface area contributed by atoms with E-state index in [-0.39, 0.29) is 5.91 Å². The van der Waals surface area contributed by atoms with Crippen LogP contribution in [0.1, 0.15) is 23.0 Å². The Hall–Kier alpha value is -3.28. The molecule has 3 aromatic rings. The van der Waals surface area contributed by atoms with Crippen molar-refractivity contribution in [3.05, 3.63) is 72.3 Å². The number of carbonyl (C=O) groups excluding carboxylic acids is 1. The molecule has 0 saturated carbocycles. The zero-order chi connectivity index (χ0) is 17.5. The van der Waals surface area contributed by atoms with Crippen molar-refractivity contribution in [2.24, 2.45) is 0 Å². The summed E-state index contributed by atoms with van der Waals surface area (Å²) in [4.78, 5) is 16.5. The molecular formula is C19H19N3O3. The van der Waals surface area contributed by atoms with Gasteiger partial charge < -0.3 is 19.8 Å². The van der Waals surface area contributed by atoms with Gasteiger partial charge in [-0.1, -0.05) is 0 Å². The Kier molecular flexibility index (Phi) is 5.31. The van der Waals surface area contributed by atoms with Gasteiger partial charge in [0, 0.05) is 17.4 Å². The number of carbonyl (C=O) groups is 1. The lowest BCUT2D eigenvalue weighted by molar-refractivity contribution is 0.0948. The molecule has 0 atom stereocenters. The van der Waals surface area contributed by atoms with Gasteiger partial charge >= 0.3 is 0 Å². The van der Waals surface area contributed by atoms with Crippen molar-refractivity contribution in [2.45, 2.75) is 13.5 Å². The Bertz CT molecular complexity index is 814. The predicted octanol–water partition coefficient (Wildman–Crippen LogP) is 3.75. The molecule has 0 radical (unpaired) electrons. The molecule has 0 bridgehead atoms. The van der Waals surface area contributed by atoms with E-state index in [1.54, 1.807) is 30.7 Å². The van der Waals surface area contributed by atoms with Crippen LogP contribution in [-0.4, -0.2) is 17.5 Å². The lowest BCUT2D eigenvalue weighted by Gasteiger charge is -2.09. The zero-order valence-corrected chi connectivity index (χ0v) is 13.9. The minimum absolute atomic E-state index is 0.187. The van der Waals surface area contributed by atoms with Gasteiger partial charge in [-0.3, -0.25) is 4.79 Å². The number of nitrogens with one attached hydrogen (secondary N) is 2. The fourth-order valence-electron chi connectivity index (χ4n) is 2.27. The minimum atomic E-state index is -0.187. The summed E-state index contributed by atoms with van der Waals surface area (Å²) in [7, 11) is 0. The Morgan fingerprint density at radius 1 is 1.20 bits per heavy atom. The zero-order valence-electron chi connectivity index (χ0n) is 13.9. The number of benzene rings is 1. The lowest BCUT2D eigenvalue weighted by atomic mass is 10.2. The summed E-state index contributed by atoms with van der Waals surface area (Å²) < 4.78 is 10.6. The maximum absolute atomic E-state index is 12.2.